The largest absolute Gasteiger partial charge is 0.487 e. The van der Waals surface area contributed by atoms with Gasteiger partial charge in [-0.05, 0) is 35.4 Å². The third-order valence-electron chi connectivity index (χ3n) is 6.30. The van der Waals surface area contributed by atoms with Crippen LogP contribution in [0, 0.1) is 0 Å². The highest BCUT2D eigenvalue weighted by Gasteiger charge is 2.43. The summed E-state index contributed by atoms with van der Waals surface area (Å²) in [6.07, 6.45) is 0. The molecule has 2 atom stereocenters. The number of aliphatic carboxylic acids is 2. The van der Waals surface area contributed by atoms with Gasteiger partial charge in [0, 0.05) is 21.2 Å². The van der Waals surface area contributed by atoms with Gasteiger partial charge in [-0.3, -0.25) is 14.4 Å². The summed E-state index contributed by atoms with van der Waals surface area (Å²) in [4.78, 5) is 38.9. The quantitative estimate of drug-likeness (QED) is 0.150. The van der Waals surface area contributed by atoms with Crippen molar-refractivity contribution in [2.45, 2.75) is 25.0 Å². The molecular weight excluding hydrogens is 626 g/mol. The van der Waals surface area contributed by atoms with E-state index < -0.39 is 29.6 Å². The zero-order chi connectivity index (χ0) is 30.4. The van der Waals surface area contributed by atoms with Gasteiger partial charge < -0.3 is 19.7 Å². The third kappa shape index (κ3) is 6.99. The highest BCUT2D eigenvalue weighted by molar-refractivity contribution is 6.40. The first-order valence-electron chi connectivity index (χ1n) is 12.4. The molecule has 0 amide bonds. The molecule has 2 unspecified atom stereocenters. The molecule has 2 N–H and O–H groups in total. The number of benzene rings is 4. The van der Waals surface area contributed by atoms with E-state index in [1.165, 1.54) is 24.3 Å². The molecule has 0 saturated heterocycles. The lowest BCUT2D eigenvalue weighted by atomic mass is 9.83. The number of hydrogen-bond acceptors (Lipinski definition) is 5. The second-order valence-electron chi connectivity index (χ2n) is 9.04. The summed E-state index contributed by atoms with van der Waals surface area (Å²) in [6, 6.07) is 23.7. The Bertz CT molecular complexity index is 1490. The maximum Gasteiger partial charge on any atom is 0.318 e. The fourth-order valence-electron chi connectivity index (χ4n) is 4.26. The Kier molecular flexibility index (Phi) is 10.4. The number of carbonyl (C=O) groups excluding carboxylic acids is 1. The Labute approximate surface area is 261 Å². The van der Waals surface area contributed by atoms with Crippen LogP contribution in [-0.4, -0.2) is 27.9 Å². The lowest BCUT2D eigenvalue weighted by molar-refractivity contribution is -0.146. The average molecular weight is 648 g/mol. The molecule has 0 aliphatic heterocycles. The van der Waals surface area contributed by atoms with Crippen LogP contribution in [0.1, 0.15) is 34.1 Å². The monoisotopic (exact) mass is 646 g/mol. The summed E-state index contributed by atoms with van der Waals surface area (Å²) < 4.78 is 11.5. The number of carboxylic acids is 2. The zero-order valence-electron chi connectivity index (χ0n) is 21.6. The van der Waals surface area contributed by atoms with Crippen molar-refractivity contribution < 1.29 is 34.1 Å². The van der Waals surface area contributed by atoms with Crippen molar-refractivity contribution in [1.29, 1.82) is 0 Å². The molecule has 0 aromatic heterocycles. The molecular formula is C31H22Cl4O7. The number of ether oxygens (including phenoxy) is 2. The van der Waals surface area contributed by atoms with Crippen molar-refractivity contribution in [1.82, 2.24) is 0 Å². The van der Waals surface area contributed by atoms with Crippen molar-refractivity contribution in [3.63, 3.8) is 0 Å². The van der Waals surface area contributed by atoms with Crippen molar-refractivity contribution in [2.75, 3.05) is 0 Å². The molecule has 42 heavy (non-hydrogen) atoms. The third-order valence-corrected chi connectivity index (χ3v) is 7.74. The molecule has 0 aliphatic carbocycles. The normalized spacial score (nSPS) is 12.3. The molecule has 0 aliphatic rings. The molecule has 0 fully saturated rings. The van der Waals surface area contributed by atoms with Crippen molar-refractivity contribution in [2.24, 2.45) is 0 Å². The Hall–Kier alpha value is -3.75. The minimum atomic E-state index is -2.10. The Morgan fingerprint density at radius 3 is 1.26 bits per heavy atom. The lowest BCUT2D eigenvalue weighted by Crippen LogP contribution is -2.32. The van der Waals surface area contributed by atoms with Gasteiger partial charge in [-0.25, -0.2) is 0 Å². The van der Waals surface area contributed by atoms with Crippen molar-refractivity contribution in [3.05, 3.63) is 127 Å². The van der Waals surface area contributed by atoms with E-state index >= 15 is 0 Å². The molecule has 4 rings (SSSR count). The number of hydrogen-bond donors (Lipinski definition) is 2. The zero-order valence-corrected chi connectivity index (χ0v) is 24.6. The number of Topliss-reactive ketones (excluding diaryl/α,β-unsaturated/α-hetero) is 1. The van der Waals surface area contributed by atoms with Crippen molar-refractivity contribution in [3.8, 4) is 11.5 Å². The van der Waals surface area contributed by atoms with Crippen LogP contribution in [-0.2, 0) is 27.6 Å². The number of carbonyl (C=O) groups is 3. The van der Waals surface area contributed by atoms with E-state index in [0.29, 0.717) is 0 Å². The fourth-order valence-corrected chi connectivity index (χ4v) is 5.55. The Balaban J connectivity index is 1.71. The fraction of sp³-hybridized carbons (Fsp3) is 0.129. The van der Waals surface area contributed by atoms with Crippen LogP contribution in [0.4, 0.5) is 0 Å². The second-order valence-corrected chi connectivity index (χ2v) is 10.6. The van der Waals surface area contributed by atoms with E-state index in [9.17, 15) is 24.6 Å². The number of ketones is 1. The summed E-state index contributed by atoms with van der Waals surface area (Å²) in [5.41, 5.74) is 0.966. The van der Waals surface area contributed by atoms with E-state index in [-0.39, 0.29) is 55.9 Å². The first kappa shape index (κ1) is 31.2. The molecule has 0 radical (unpaired) electrons. The van der Waals surface area contributed by atoms with E-state index in [4.69, 9.17) is 55.9 Å². The average Bonchev–Trinajstić information content (AvgIpc) is 2.97. The first-order valence-corrected chi connectivity index (χ1v) is 13.9. The second kappa shape index (κ2) is 13.9. The molecule has 0 heterocycles. The van der Waals surface area contributed by atoms with Gasteiger partial charge in [0.05, 0.1) is 10.0 Å². The van der Waals surface area contributed by atoms with E-state index in [0.717, 1.165) is 11.1 Å². The standard InChI is InChI=1S/C31H22Cl4O7/c32-19-11-13-21(41-15-17-7-3-1-4-8-17)27(34)23(19)25(30(37)38)29(36)26(31(39)40)24-20(33)12-14-22(28(24)35)42-16-18-9-5-2-6-10-18/h1-14,25-26H,15-16H2,(H,37,38)(H,39,40). The predicted molar refractivity (Wildman–Crippen MR) is 160 cm³/mol. The molecule has 11 heteroatoms. The number of halogens is 4. The van der Waals surface area contributed by atoms with Gasteiger partial charge in [0.1, 0.15) is 36.5 Å². The van der Waals surface area contributed by atoms with E-state index in [2.05, 4.69) is 0 Å². The Morgan fingerprint density at radius 2 is 0.929 bits per heavy atom. The van der Waals surface area contributed by atoms with E-state index in [1.54, 1.807) is 0 Å². The summed E-state index contributed by atoms with van der Waals surface area (Å²) >= 11 is 25.8. The molecule has 216 valence electrons. The topological polar surface area (TPSA) is 110 Å². The van der Waals surface area contributed by atoms with Gasteiger partial charge in [0.25, 0.3) is 0 Å². The van der Waals surface area contributed by atoms with E-state index in [1.807, 2.05) is 60.7 Å². The summed E-state index contributed by atoms with van der Waals surface area (Å²) in [7, 11) is 0. The molecule has 0 saturated carbocycles. The Morgan fingerprint density at radius 1 is 0.571 bits per heavy atom. The van der Waals surface area contributed by atoms with Crippen LogP contribution in [0.25, 0.3) is 0 Å². The summed E-state index contributed by atoms with van der Waals surface area (Å²) in [5.74, 6) is -8.74. The van der Waals surface area contributed by atoms with Crippen LogP contribution < -0.4 is 9.47 Å². The highest BCUT2D eigenvalue weighted by atomic mass is 35.5. The van der Waals surface area contributed by atoms with Crippen LogP contribution in [0.5, 0.6) is 11.5 Å². The smallest absolute Gasteiger partial charge is 0.318 e. The molecule has 4 aromatic rings. The number of rotatable bonds is 12. The summed E-state index contributed by atoms with van der Waals surface area (Å²) in [6.45, 7) is 0.179. The maximum absolute atomic E-state index is 13.8. The van der Waals surface area contributed by atoms with Gasteiger partial charge in [-0.1, -0.05) is 107 Å². The van der Waals surface area contributed by atoms with Crippen LogP contribution in [0.2, 0.25) is 20.1 Å². The van der Waals surface area contributed by atoms with Gasteiger partial charge in [0.2, 0.25) is 0 Å². The predicted octanol–water partition coefficient (Wildman–Crippen LogP) is 8.06. The summed E-state index contributed by atoms with van der Waals surface area (Å²) in [5, 5.41) is 19.5. The minimum Gasteiger partial charge on any atom is -0.487 e. The molecule has 0 spiro atoms. The maximum atomic E-state index is 13.8. The molecule has 4 aromatic carbocycles. The molecule has 0 bridgehead atoms. The van der Waals surface area contributed by atoms with Crippen LogP contribution >= 0.6 is 46.4 Å². The number of carboxylic acid groups (broad SMARTS) is 2. The van der Waals surface area contributed by atoms with Crippen LogP contribution in [0.3, 0.4) is 0 Å². The van der Waals surface area contributed by atoms with Gasteiger partial charge >= 0.3 is 11.9 Å². The van der Waals surface area contributed by atoms with Gasteiger partial charge in [-0.15, -0.1) is 0 Å². The lowest BCUT2D eigenvalue weighted by Gasteiger charge is -2.22. The van der Waals surface area contributed by atoms with Gasteiger partial charge in [-0.2, -0.15) is 0 Å². The SMILES string of the molecule is O=C(O)C(C(=O)C(C(=O)O)c1c(Cl)ccc(OCc2ccccc2)c1Cl)c1c(Cl)ccc(OCc2ccccc2)c1Cl. The minimum absolute atomic E-state index is 0.0539. The molecule has 7 nitrogen and oxygen atoms in total. The highest BCUT2D eigenvalue weighted by Crippen LogP contribution is 2.44. The van der Waals surface area contributed by atoms with Crippen LogP contribution in [0.15, 0.2) is 84.9 Å². The van der Waals surface area contributed by atoms with Crippen molar-refractivity contribution >= 4 is 64.1 Å². The van der Waals surface area contributed by atoms with Gasteiger partial charge in [0.15, 0.2) is 5.78 Å². The first-order chi connectivity index (χ1) is 20.1.